The van der Waals surface area contributed by atoms with E-state index < -0.39 is 40.8 Å². The fourth-order valence-electron chi connectivity index (χ4n) is 0.935. The zero-order valence-electron chi connectivity index (χ0n) is 8.57. The van der Waals surface area contributed by atoms with E-state index in [0.717, 1.165) is 0 Å². The van der Waals surface area contributed by atoms with Crippen LogP contribution < -0.4 is 5.32 Å². The van der Waals surface area contributed by atoms with Crippen molar-refractivity contribution in [2.75, 3.05) is 32.1 Å². The van der Waals surface area contributed by atoms with Gasteiger partial charge in [-0.25, -0.2) is 0 Å². The Labute approximate surface area is 93.3 Å². The third-order valence-electron chi connectivity index (χ3n) is 1.83. The number of nitrogens with one attached hydrogen (secondary N) is 1. The minimum absolute atomic E-state index is 0.206. The Balaban J connectivity index is 3.90. The first-order valence-electron chi connectivity index (χ1n) is 4.50. The normalized spacial score (nSPS) is 15.1. The maximum atomic E-state index is 10.4. The van der Waals surface area contributed by atoms with Crippen LogP contribution in [-0.4, -0.2) is 77.2 Å². The summed E-state index contributed by atoms with van der Waals surface area (Å²) >= 11 is 0. The Morgan fingerprint density at radius 3 is 2.12 bits per heavy atom. The fourth-order valence-corrected chi connectivity index (χ4v) is 1.54. The van der Waals surface area contributed by atoms with E-state index >= 15 is 0 Å². The molecule has 0 amide bonds. The smallest absolute Gasteiger partial charge is 0.267 e. The Bertz CT molecular complexity index is 287. The van der Waals surface area contributed by atoms with Crippen LogP contribution in [0, 0.1) is 0 Å². The molecule has 0 aromatic heterocycles. The van der Waals surface area contributed by atoms with Crippen molar-refractivity contribution in [3.05, 3.63) is 0 Å². The second kappa shape index (κ2) is 6.45. The summed E-state index contributed by atoms with van der Waals surface area (Å²) in [6, 6.07) is 0. The molecule has 0 radical (unpaired) electrons. The molecule has 6 N–H and O–H groups in total. The molecular formula is C7H17NO7S. The lowest BCUT2D eigenvalue weighted by Gasteiger charge is -2.24. The van der Waals surface area contributed by atoms with Crippen molar-refractivity contribution >= 4 is 10.1 Å². The molecule has 0 fully saturated rings. The van der Waals surface area contributed by atoms with Gasteiger partial charge in [0.25, 0.3) is 10.1 Å². The highest BCUT2D eigenvalue weighted by atomic mass is 32.2. The van der Waals surface area contributed by atoms with Gasteiger partial charge in [0.05, 0.1) is 19.3 Å². The lowest BCUT2D eigenvalue weighted by Crippen LogP contribution is -2.48. The van der Waals surface area contributed by atoms with Crippen molar-refractivity contribution in [3.8, 4) is 0 Å². The van der Waals surface area contributed by atoms with Crippen LogP contribution in [0.1, 0.15) is 0 Å². The molecule has 0 unspecified atom stereocenters. The van der Waals surface area contributed by atoms with Gasteiger partial charge < -0.3 is 25.7 Å². The molecule has 8 nitrogen and oxygen atoms in total. The monoisotopic (exact) mass is 259 g/mol. The van der Waals surface area contributed by atoms with Crippen LogP contribution in [0.25, 0.3) is 0 Å². The summed E-state index contributed by atoms with van der Waals surface area (Å²) < 4.78 is 29.1. The van der Waals surface area contributed by atoms with Crippen molar-refractivity contribution in [3.63, 3.8) is 0 Å². The van der Waals surface area contributed by atoms with Gasteiger partial charge in [-0.05, 0) is 0 Å². The standard InChI is InChI=1S/C7H17NO7S/c9-4-7(12,5-10)3-8-1-6(11)2-16(13,14)15/h6,8-12H,1-5H2,(H,13,14,15)/t6-/m0/s1. The van der Waals surface area contributed by atoms with Crippen molar-refractivity contribution < 1.29 is 33.4 Å². The van der Waals surface area contributed by atoms with Gasteiger partial charge in [-0.3, -0.25) is 4.55 Å². The van der Waals surface area contributed by atoms with Crippen LogP contribution in [0.5, 0.6) is 0 Å². The Morgan fingerprint density at radius 2 is 1.75 bits per heavy atom. The number of hydrogen-bond donors (Lipinski definition) is 6. The molecule has 16 heavy (non-hydrogen) atoms. The lowest BCUT2D eigenvalue weighted by atomic mass is 10.1. The largest absolute Gasteiger partial charge is 0.393 e. The molecule has 0 aromatic carbocycles. The quantitative estimate of drug-likeness (QED) is 0.246. The molecular weight excluding hydrogens is 242 g/mol. The summed E-state index contributed by atoms with van der Waals surface area (Å²) in [6.07, 6.45) is -1.34. The van der Waals surface area contributed by atoms with Gasteiger partial charge in [0.15, 0.2) is 0 Å². The number of aliphatic hydroxyl groups excluding tert-OH is 3. The van der Waals surface area contributed by atoms with E-state index in [-0.39, 0.29) is 13.1 Å². The molecule has 0 aliphatic rings. The summed E-state index contributed by atoms with van der Waals surface area (Å²) in [4.78, 5) is 0. The van der Waals surface area contributed by atoms with Gasteiger partial charge in [0, 0.05) is 13.1 Å². The van der Waals surface area contributed by atoms with Gasteiger partial charge in [0.1, 0.15) is 11.4 Å². The predicted molar refractivity (Wildman–Crippen MR) is 54.4 cm³/mol. The highest BCUT2D eigenvalue weighted by Gasteiger charge is 2.25. The topological polar surface area (TPSA) is 147 Å². The van der Waals surface area contributed by atoms with Crippen molar-refractivity contribution in [2.24, 2.45) is 0 Å². The Kier molecular flexibility index (Phi) is 6.33. The Hall–Kier alpha value is -0.290. The molecule has 0 heterocycles. The van der Waals surface area contributed by atoms with E-state index in [1.807, 2.05) is 0 Å². The second-order valence-electron chi connectivity index (χ2n) is 3.57. The van der Waals surface area contributed by atoms with E-state index in [2.05, 4.69) is 5.32 Å². The van der Waals surface area contributed by atoms with Gasteiger partial charge in [-0.2, -0.15) is 8.42 Å². The molecule has 1 atom stereocenters. The van der Waals surface area contributed by atoms with Gasteiger partial charge >= 0.3 is 0 Å². The van der Waals surface area contributed by atoms with E-state index in [1.54, 1.807) is 0 Å². The second-order valence-corrected chi connectivity index (χ2v) is 5.07. The third kappa shape index (κ3) is 7.06. The average molecular weight is 259 g/mol. The molecule has 0 saturated heterocycles. The van der Waals surface area contributed by atoms with Crippen LogP contribution in [0.4, 0.5) is 0 Å². The first-order valence-corrected chi connectivity index (χ1v) is 6.11. The number of rotatable bonds is 8. The lowest BCUT2D eigenvalue weighted by molar-refractivity contribution is -0.0537. The summed E-state index contributed by atoms with van der Waals surface area (Å²) in [5.74, 6) is -0.823. The van der Waals surface area contributed by atoms with Crippen molar-refractivity contribution in [1.82, 2.24) is 5.32 Å². The summed E-state index contributed by atoms with van der Waals surface area (Å²) in [6.45, 7) is -1.78. The molecule has 0 bridgehead atoms. The van der Waals surface area contributed by atoms with Crippen LogP contribution in [-0.2, 0) is 10.1 Å². The SMILES string of the molecule is O=S(=O)(O)C[C@@H](O)CNCC(O)(CO)CO. The van der Waals surface area contributed by atoms with Gasteiger partial charge in [0.2, 0.25) is 0 Å². The maximum Gasteiger partial charge on any atom is 0.267 e. The van der Waals surface area contributed by atoms with Gasteiger partial charge in [-0.1, -0.05) is 0 Å². The van der Waals surface area contributed by atoms with Gasteiger partial charge in [-0.15, -0.1) is 0 Å². The summed E-state index contributed by atoms with van der Waals surface area (Å²) in [5.41, 5.74) is -1.72. The minimum atomic E-state index is -4.25. The van der Waals surface area contributed by atoms with E-state index in [1.165, 1.54) is 0 Å². The Morgan fingerprint density at radius 1 is 1.25 bits per heavy atom. The van der Waals surface area contributed by atoms with Crippen molar-refractivity contribution in [1.29, 1.82) is 0 Å². The summed E-state index contributed by atoms with van der Waals surface area (Å²) in [7, 11) is -4.25. The fraction of sp³-hybridized carbons (Fsp3) is 1.00. The molecule has 0 rings (SSSR count). The highest BCUT2D eigenvalue weighted by molar-refractivity contribution is 7.85. The van der Waals surface area contributed by atoms with Crippen LogP contribution in [0.15, 0.2) is 0 Å². The zero-order valence-corrected chi connectivity index (χ0v) is 9.39. The predicted octanol–water partition coefficient (Wildman–Crippen LogP) is -3.46. The number of hydrogen-bond acceptors (Lipinski definition) is 7. The average Bonchev–Trinajstić information content (AvgIpc) is 2.14. The van der Waals surface area contributed by atoms with E-state index in [4.69, 9.17) is 19.9 Å². The molecule has 98 valence electrons. The molecule has 9 heteroatoms. The first-order chi connectivity index (χ1) is 7.22. The molecule has 0 aliphatic heterocycles. The third-order valence-corrected chi connectivity index (χ3v) is 2.63. The zero-order chi connectivity index (χ0) is 12.8. The van der Waals surface area contributed by atoms with Crippen molar-refractivity contribution in [2.45, 2.75) is 11.7 Å². The van der Waals surface area contributed by atoms with Crippen LogP contribution in [0.2, 0.25) is 0 Å². The summed E-state index contributed by atoms with van der Waals surface area (Å²) in [5, 5.41) is 38.3. The molecule has 0 saturated carbocycles. The van der Waals surface area contributed by atoms with E-state index in [9.17, 15) is 13.5 Å². The van der Waals surface area contributed by atoms with Crippen LogP contribution >= 0.6 is 0 Å². The molecule has 0 aliphatic carbocycles. The van der Waals surface area contributed by atoms with Crippen LogP contribution in [0.3, 0.4) is 0 Å². The molecule has 0 spiro atoms. The minimum Gasteiger partial charge on any atom is -0.393 e. The first kappa shape index (κ1) is 15.7. The maximum absolute atomic E-state index is 10.4. The van der Waals surface area contributed by atoms with E-state index in [0.29, 0.717) is 0 Å². The number of aliphatic hydroxyl groups is 4. The molecule has 0 aromatic rings. The highest BCUT2D eigenvalue weighted by Crippen LogP contribution is 1.99.